The molecule has 0 aromatic heterocycles. The third-order valence-corrected chi connectivity index (χ3v) is 6.74. The first kappa shape index (κ1) is 31.4. The van der Waals surface area contributed by atoms with Crippen LogP contribution in [0.5, 0.6) is 0 Å². The number of hydrogen-bond donors (Lipinski definition) is 10. The zero-order chi connectivity index (χ0) is 28.3. The average Bonchev–Trinajstić information content (AvgIpc) is 2.89. The fourth-order valence-corrected chi connectivity index (χ4v) is 4.69. The smallest absolute Gasteiger partial charge is 0.217 e. The van der Waals surface area contributed by atoms with E-state index in [1.54, 1.807) is 0 Å². The maximum Gasteiger partial charge on any atom is 0.217 e. The molecular weight excluding hydrogens is 522 g/mol. The van der Waals surface area contributed by atoms with Crippen molar-refractivity contribution in [2.24, 2.45) is 0 Å². The van der Waals surface area contributed by atoms with Gasteiger partial charge in [-0.1, -0.05) is 0 Å². The second-order valence-corrected chi connectivity index (χ2v) is 9.28. The van der Waals surface area contributed by atoms with Gasteiger partial charge in [0.2, 0.25) is 5.91 Å². The maximum absolute atomic E-state index is 11.9. The van der Waals surface area contributed by atoms with Crippen LogP contribution in [0.25, 0.3) is 0 Å². The third-order valence-electron chi connectivity index (χ3n) is 6.74. The molecule has 17 heteroatoms. The lowest BCUT2D eigenvalue weighted by Gasteiger charge is -2.49. The predicted molar refractivity (Wildman–Crippen MR) is 118 cm³/mol. The number of carbonyl (C=O) groups excluding carboxylic acids is 1. The number of methoxy groups -OCH3 is 1. The van der Waals surface area contributed by atoms with E-state index in [2.05, 4.69) is 5.32 Å². The Labute approximate surface area is 217 Å². The number of carbonyl (C=O) groups is 1. The zero-order valence-corrected chi connectivity index (χ0v) is 20.7. The van der Waals surface area contributed by atoms with Gasteiger partial charge in [-0.15, -0.1) is 0 Å². The second-order valence-electron chi connectivity index (χ2n) is 9.28. The first-order valence-corrected chi connectivity index (χ1v) is 12.0. The molecule has 0 spiro atoms. The summed E-state index contributed by atoms with van der Waals surface area (Å²) in [4.78, 5) is 11.9. The van der Waals surface area contributed by atoms with Gasteiger partial charge in [-0.2, -0.15) is 0 Å². The lowest BCUT2D eigenvalue weighted by molar-refractivity contribution is -0.366. The van der Waals surface area contributed by atoms with Gasteiger partial charge in [-0.25, -0.2) is 0 Å². The Morgan fingerprint density at radius 2 is 1.24 bits per heavy atom. The Bertz CT molecular complexity index is 763. The number of aliphatic hydroxyl groups is 9. The molecule has 0 saturated carbocycles. The van der Waals surface area contributed by atoms with Crippen molar-refractivity contribution < 1.29 is 79.2 Å². The van der Waals surface area contributed by atoms with Crippen LogP contribution < -0.4 is 5.32 Å². The molecule has 0 bridgehead atoms. The average molecular weight is 560 g/mol. The number of ether oxygens (including phenoxy) is 6. The molecule has 15 atom stereocenters. The summed E-state index contributed by atoms with van der Waals surface area (Å²) in [6, 6.07) is -1.44. The van der Waals surface area contributed by atoms with Crippen molar-refractivity contribution in [3.8, 4) is 0 Å². The first-order valence-electron chi connectivity index (χ1n) is 12.0. The molecule has 3 fully saturated rings. The third kappa shape index (κ3) is 6.43. The molecule has 17 nitrogen and oxygen atoms in total. The van der Waals surface area contributed by atoms with Crippen molar-refractivity contribution in [1.82, 2.24) is 5.32 Å². The molecule has 0 radical (unpaired) electrons. The molecule has 3 saturated heterocycles. The summed E-state index contributed by atoms with van der Waals surface area (Å²) >= 11 is 0. The molecule has 3 aliphatic rings. The molecular formula is C21H37NO16. The highest BCUT2D eigenvalue weighted by Gasteiger charge is 2.54. The molecule has 1 unspecified atom stereocenters. The van der Waals surface area contributed by atoms with Crippen LogP contribution in [0, 0.1) is 0 Å². The Kier molecular flexibility index (Phi) is 11.1. The van der Waals surface area contributed by atoms with E-state index in [0.717, 1.165) is 6.92 Å². The number of hydrogen-bond acceptors (Lipinski definition) is 16. The SMILES string of the molecule is CO[C@H]1[C@H](O[C@H]2[C@H](O)[C@@H](NC(C)=O)[C@H](O[C@H]3[C@@H](O)[C@@H](CO)OC(O)[C@@H]3O)O[C@@H]2CO)O[C@H](CO)[C@H](O)[C@@H]1O. The number of rotatable bonds is 9. The van der Waals surface area contributed by atoms with E-state index in [1.165, 1.54) is 7.11 Å². The normalized spacial score (nSPS) is 48.0. The first-order chi connectivity index (χ1) is 18.0. The Morgan fingerprint density at radius 1 is 0.684 bits per heavy atom. The summed E-state index contributed by atoms with van der Waals surface area (Å²) in [5.41, 5.74) is 0. The van der Waals surface area contributed by atoms with E-state index in [-0.39, 0.29) is 0 Å². The van der Waals surface area contributed by atoms with Gasteiger partial charge >= 0.3 is 0 Å². The van der Waals surface area contributed by atoms with Crippen LogP contribution in [-0.4, -0.2) is 171 Å². The summed E-state index contributed by atoms with van der Waals surface area (Å²) in [6.07, 6.45) is -21.6. The molecule has 38 heavy (non-hydrogen) atoms. The van der Waals surface area contributed by atoms with Gasteiger partial charge in [0.1, 0.15) is 73.2 Å². The highest BCUT2D eigenvalue weighted by Crippen LogP contribution is 2.32. The van der Waals surface area contributed by atoms with Crippen LogP contribution >= 0.6 is 0 Å². The molecule has 0 aromatic rings. The van der Waals surface area contributed by atoms with Crippen LogP contribution in [0.1, 0.15) is 6.92 Å². The molecule has 3 heterocycles. The van der Waals surface area contributed by atoms with Crippen molar-refractivity contribution in [3.63, 3.8) is 0 Å². The van der Waals surface area contributed by atoms with E-state index in [0.29, 0.717) is 0 Å². The molecule has 0 aliphatic carbocycles. The minimum atomic E-state index is -1.85. The van der Waals surface area contributed by atoms with Crippen LogP contribution in [0.2, 0.25) is 0 Å². The standard InChI is InChI=1S/C21H37NO16/c1-6(26)22-10-13(29)16(37-21-18(33-2)14(30)11(27)7(3-23)35-21)9(5-25)36-20(10)38-17-12(28)8(4-24)34-19(32)15(17)31/h7-21,23-25,27-32H,3-5H2,1-2H3,(H,22,26)/t7-,8-,9-,10-,11+,12+,13-,14+,15-,16-,17+,18-,19?,20+,21+/m1/s1. The number of aliphatic hydroxyl groups excluding tert-OH is 9. The van der Waals surface area contributed by atoms with Gasteiger partial charge in [-0.05, 0) is 0 Å². The van der Waals surface area contributed by atoms with Crippen molar-refractivity contribution in [2.45, 2.75) is 99.0 Å². The topological polar surface area (TPSA) is 267 Å². The fourth-order valence-electron chi connectivity index (χ4n) is 4.69. The Morgan fingerprint density at radius 3 is 1.79 bits per heavy atom. The van der Waals surface area contributed by atoms with Crippen molar-refractivity contribution in [2.75, 3.05) is 26.9 Å². The minimum absolute atomic E-state index is 0.656. The molecule has 0 aromatic carbocycles. The van der Waals surface area contributed by atoms with Crippen molar-refractivity contribution in [1.29, 1.82) is 0 Å². The molecule has 3 rings (SSSR count). The molecule has 222 valence electrons. The lowest BCUT2D eigenvalue weighted by atomic mass is 9.94. The van der Waals surface area contributed by atoms with E-state index in [9.17, 15) is 50.8 Å². The van der Waals surface area contributed by atoms with E-state index >= 15 is 0 Å². The Hall–Kier alpha value is -1.13. The summed E-state index contributed by atoms with van der Waals surface area (Å²) in [5.74, 6) is -0.656. The zero-order valence-electron chi connectivity index (χ0n) is 20.7. The maximum atomic E-state index is 11.9. The van der Waals surface area contributed by atoms with Gasteiger partial charge in [0, 0.05) is 14.0 Å². The van der Waals surface area contributed by atoms with E-state index in [1.807, 2.05) is 0 Å². The van der Waals surface area contributed by atoms with Crippen LogP contribution in [0.3, 0.4) is 0 Å². The summed E-state index contributed by atoms with van der Waals surface area (Å²) < 4.78 is 32.7. The monoisotopic (exact) mass is 559 g/mol. The summed E-state index contributed by atoms with van der Waals surface area (Å²) in [5, 5.41) is 93.7. The largest absolute Gasteiger partial charge is 0.394 e. The minimum Gasteiger partial charge on any atom is -0.394 e. The van der Waals surface area contributed by atoms with Crippen LogP contribution in [0.4, 0.5) is 0 Å². The van der Waals surface area contributed by atoms with Gasteiger partial charge in [0.15, 0.2) is 18.9 Å². The number of nitrogens with one attached hydrogen (secondary N) is 1. The van der Waals surface area contributed by atoms with E-state index < -0.39 is 118 Å². The summed E-state index contributed by atoms with van der Waals surface area (Å²) in [7, 11) is 1.19. The fraction of sp³-hybridized carbons (Fsp3) is 0.952. The molecule has 1 amide bonds. The predicted octanol–water partition coefficient (Wildman–Crippen LogP) is -6.78. The number of amides is 1. The quantitative estimate of drug-likeness (QED) is 0.126. The van der Waals surface area contributed by atoms with Gasteiger partial charge < -0.3 is 79.7 Å². The Balaban J connectivity index is 1.85. The van der Waals surface area contributed by atoms with Gasteiger partial charge in [0.25, 0.3) is 0 Å². The molecule has 3 aliphatic heterocycles. The summed E-state index contributed by atoms with van der Waals surface area (Å²) in [6.45, 7) is -1.09. The lowest BCUT2D eigenvalue weighted by Crippen LogP contribution is -2.69. The highest BCUT2D eigenvalue weighted by molar-refractivity contribution is 5.73. The van der Waals surface area contributed by atoms with E-state index in [4.69, 9.17) is 28.4 Å². The van der Waals surface area contributed by atoms with Crippen LogP contribution in [0.15, 0.2) is 0 Å². The van der Waals surface area contributed by atoms with Crippen LogP contribution in [-0.2, 0) is 33.2 Å². The van der Waals surface area contributed by atoms with Gasteiger partial charge in [0.05, 0.1) is 19.8 Å². The molecule has 10 N–H and O–H groups in total. The second kappa shape index (κ2) is 13.5. The van der Waals surface area contributed by atoms with Crippen molar-refractivity contribution >= 4 is 5.91 Å². The van der Waals surface area contributed by atoms with Gasteiger partial charge in [-0.3, -0.25) is 4.79 Å². The highest BCUT2D eigenvalue weighted by atomic mass is 16.7. The van der Waals surface area contributed by atoms with Crippen molar-refractivity contribution in [3.05, 3.63) is 0 Å².